The zero-order valence-electron chi connectivity index (χ0n) is 13.8. The van der Waals surface area contributed by atoms with Crippen LogP contribution >= 0.6 is 0 Å². The van der Waals surface area contributed by atoms with E-state index in [9.17, 15) is 19.2 Å². The lowest BCUT2D eigenvalue weighted by molar-refractivity contribution is -0.139. The van der Waals surface area contributed by atoms with E-state index in [0.29, 0.717) is 24.1 Å². The number of carbonyl (C=O) groups excluding carboxylic acids is 4. The van der Waals surface area contributed by atoms with Crippen molar-refractivity contribution in [2.75, 3.05) is 11.9 Å². The van der Waals surface area contributed by atoms with E-state index in [-0.39, 0.29) is 47.8 Å². The monoisotopic (exact) mass is 338 g/mol. The van der Waals surface area contributed by atoms with Gasteiger partial charge in [-0.15, -0.1) is 0 Å². The van der Waals surface area contributed by atoms with E-state index in [4.69, 9.17) is 0 Å². The summed E-state index contributed by atoms with van der Waals surface area (Å²) < 4.78 is 0. The van der Waals surface area contributed by atoms with Gasteiger partial charge in [-0.05, 0) is 43.5 Å². The van der Waals surface area contributed by atoms with E-state index in [1.807, 2.05) is 12.2 Å². The van der Waals surface area contributed by atoms with Gasteiger partial charge in [-0.3, -0.25) is 24.1 Å². The number of benzene rings is 1. The van der Waals surface area contributed by atoms with Gasteiger partial charge in [0.2, 0.25) is 17.7 Å². The third kappa shape index (κ3) is 2.40. The topological polar surface area (TPSA) is 83.6 Å². The fourth-order valence-electron chi connectivity index (χ4n) is 3.85. The van der Waals surface area contributed by atoms with Crippen molar-refractivity contribution in [3.8, 4) is 0 Å². The van der Waals surface area contributed by atoms with Crippen LogP contribution < -0.4 is 5.32 Å². The lowest BCUT2D eigenvalue weighted by Gasteiger charge is -2.14. The second kappa shape index (κ2) is 5.65. The average Bonchev–Trinajstić information content (AvgIpc) is 3.04. The first-order chi connectivity index (χ1) is 12.0. The number of carbonyl (C=O) groups is 4. The molecule has 4 rings (SSSR count). The molecule has 128 valence electrons. The summed E-state index contributed by atoms with van der Waals surface area (Å²) in [4.78, 5) is 50.4. The van der Waals surface area contributed by atoms with Gasteiger partial charge in [-0.25, -0.2) is 0 Å². The number of allylic oxidation sites excluding steroid dienone is 2. The first kappa shape index (κ1) is 15.7. The first-order valence-corrected chi connectivity index (χ1v) is 8.45. The number of Topliss-reactive ketones (excluding diaryl/α,β-unsaturated/α-hetero) is 1. The third-order valence-electron chi connectivity index (χ3n) is 5.39. The number of hydrogen-bond acceptors (Lipinski definition) is 4. The third-order valence-corrected chi connectivity index (χ3v) is 5.39. The highest BCUT2D eigenvalue weighted by Gasteiger charge is 2.47. The SMILES string of the molecule is C[C@H]1C(=O)Nc2ccc(C(=O)CN3C(=O)[C@H]4CC=CC[C@H]4C3=O)cc21. The minimum Gasteiger partial charge on any atom is -0.325 e. The Morgan fingerprint density at radius 3 is 2.40 bits per heavy atom. The molecule has 3 aliphatic rings. The maximum Gasteiger partial charge on any atom is 0.233 e. The van der Waals surface area contributed by atoms with Crippen molar-refractivity contribution in [3.05, 3.63) is 41.5 Å². The van der Waals surface area contributed by atoms with Crippen molar-refractivity contribution in [2.24, 2.45) is 11.8 Å². The number of nitrogens with one attached hydrogen (secondary N) is 1. The molecule has 0 spiro atoms. The predicted octanol–water partition coefficient (Wildman–Crippen LogP) is 1.88. The zero-order valence-corrected chi connectivity index (χ0v) is 13.8. The van der Waals surface area contributed by atoms with Gasteiger partial charge in [-0.1, -0.05) is 12.2 Å². The summed E-state index contributed by atoms with van der Waals surface area (Å²) in [5.74, 6) is -1.85. The second-order valence-corrected chi connectivity index (χ2v) is 6.85. The summed E-state index contributed by atoms with van der Waals surface area (Å²) in [6.45, 7) is 1.54. The fourth-order valence-corrected chi connectivity index (χ4v) is 3.85. The maximum atomic E-state index is 12.6. The highest BCUT2D eigenvalue weighted by atomic mass is 16.2. The maximum absolute atomic E-state index is 12.6. The van der Waals surface area contributed by atoms with Crippen LogP contribution in [0.5, 0.6) is 0 Å². The normalized spacial score (nSPS) is 27.3. The molecule has 0 unspecified atom stereocenters. The quantitative estimate of drug-likeness (QED) is 0.518. The van der Waals surface area contributed by atoms with Gasteiger partial charge in [0.15, 0.2) is 5.78 Å². The van der Waals surface area contributed by atoms with E-state index >= 15 is 0 Å². The molecule has 1 saturated heterocycles. The van der Waals surface area contributed by atoms with Crippen LogP contribution in [0.15, 0.2) is 30.4 Å². The Morgan fingerprint density at radius 2 is 1.76 bits per heavy atom. The molecule has 0 saturated carbocycles. The molecule has 6 heteroatoms. The van der Waals surface area contributed by atoms with Crippen LogP contribution in [0.25, 0.3) is 0 Å². The highest BCUT2D eigenvalue weighted by Crippen LogP contribution is 2.36. The largest absolute Gasteiger partial charge is 0.325 e. The number of nitrogens with zero attached hydrogens (tertiary/aromatic N) is 1. The summed E-state index contributed by atoms with van der Waals surface area (Å²) in [5, 5.41) is 2.76. The van der Waals surface area contributed by atoms with Gasteiger partial charge in [0.25, 0.3) is 0 Å². The summed E-state index contributed by atoms with van der Waals surface area (Å²) in [7, 11) is 0. The van der Waals surface area contributed by atoms with E-state index in [1.165, 1.54) is 0 Å². The zero-order chi connectivity index (χ0) is 17.7. The number of ketones is 1. The number of rotatable bonds is 3. The lowest BCUT2D eigenvalue weighted by Crippen LogP contribution is -2.36. The molecule has 3 amide bonds. The second-order valence-electron chi connectivity index (χ2n) is 6.85. The number of anilines is 1. The van der Waals surface area contributed by atoms with Crippen LogP contribution in [0.2, 0.25) is 0 Å². The number of fused-ring (bicyclic) bond motifs is 2. The summed E-state index contributed by atoms with van der Waals surface area (Å²) in [6, 6.07) is 5.00. The summed E-state index contributed by atoms with van der Waals surface area (Å²) >= 11 is 0. The molecule has 6 nitrogen and oxygen atoms in total. The molecule has 1 aromatic rings. The van der Waals surface area contributed by atoms with E-state index < -0.39 is 0 Å². The Hall–Kier alpha value is -2.76. The van der Waals surface area contributed by atoms with Crippen molar-refractivity contribution in [1.82, 2.24) is 4.90 Å². The van der Waals surface area contributed by atoms with Crippen LogP contribution in [0, 0.1) is 11.8 Å². The molecule has 1 aliphatic carbocycles. The van der Waals surface area contributed by atoms with Crippen molar-refractivity contribution in [2.45, 2.75) is 25.7 Å². The number of likely N-dealkylation sites (tertiary alicyclic amines) is 1. The average molecular weight is 338 g/mol. The lowest BCUT2D eigenvalue weighted by atomic mass is 9.85. The first-order valence-electron chi connectivity index (χ1n) is 8.45. The molecule has 1 fully saturated rings. The van der Waals surface area contributed by atoms with Gasteiger partial charge in [0.05, 0.1) is 24.3 Å². The van der Waals surface area contributed by atoms with Gasteiger partial charge >= 0.3 is 0 Å². The van der Waals surface area contributed by atoms with E-state index in [0.717, 1.165) is 10.5 Å². The van der Waals surface area contributed by atoms with Crippen LogP contribution in [-0.2, 0) is 14.4 Å². The molecular weight excluding hydrogens is 320 g/mol. The smallest absolute Gasteiger partial charge is 0.233 e. The molecule has 0 aromatic heterocycles. The van der Waals surface area contributed by atoms with Crippen LogP contribution in [0.3, 0.4) is 0 Å². The molecular formula is C19H18N2O4. The van der Waals surface area contributed by atoms with Crippen molar-refractivity contribution in [1.29, 1.82) is 0 Å². The number of imide groups is 1. The minimum atomic E-state index is -0.327. The molecule has 2 heterocycles. The van der Waals surface area contributed by atoms with Crippen molar-refractivity contribution >= 4 is 29.2 Å². The summed E-state index contributed by atoms with van der Waals surface area (Å²) in [5.41, 5.74) is 1.89. The van der Waals surface area contributed by atoms with Crippen LogP contribution in [0.4, 0.5) is 5.69 Å². The van der Waals surface area contributed by atoms with E-state index in [1.54, 1.807) is 25.1 Å². The molecule has 0 bridgehead atoms. The van der Waals surface area contributed by atoms with Crippen molar-refractivity contribution < 1.29 is 19.2 Å². The predicted molar refractivity (Wildman–Crippen MR) is 89.9 cm³/mol. The molecule has 2 aliphatic heterocycles. The van der Waals surface area contributed by atoms with Crippen LogP contribution in [0.1, 0.15) is 41.6 Å². The standard InChI is InChI=1S/C19H18N2O4/c1-10-14-8-11(6-7-15(14)20-17(10)23)16(22)9-21-18(24)12-4-2-3-5-13(12)19(21)25/h2-3,6-8,10,12-13H,4-5,9H2,1H3,(H,20,23)/t10-,12-,13+/m1/s1. The minimum absolute atomic E-state index is 0.0962. The summed E-state index contributed by atoms with van der Waals surface area (Å²) in [6.07, 6.45) is 4.96. The molecule has 1 N–H and O–H groups in total. The Kier molecular flexibility index (Phi) is 3.56. The van der Waals surface area contributed by atoms with Crippen molar-refractivity contribution in [3.63, 3.8) is 0 Å². The Balaban J connectivity index is 1.54. The number of amides is 3. The fraction of sp³-hybridized carbons (Fsp3) is 0.368. The van der Waals surface area contributed by atoms with Crippen LogP contribution in [-0.4, -0.2) is 34.9 Å². The van der Waals surface area contributed by atoms with Gasteiger partial charge in [0.1, 0.15) is 0 Å². The Bertz CT molecular complexity index is 816. The molecule has 0 radical (unpaired) electrons. The van der Waals surface area contributed by atoms with E-state index in [2.05, 4.69) is 5.32 Å². The van der Waals surface area contributed by atoms with Gasteiger partial charge < -0.3 is 5.32 Å². The molecule has 25 heavy (non-hydrogen) atoms. The molecule has 3 atom stereocenters. The van der Waals surface area contributed by atoms with Gasteiger partial charge in [0, 0.05) is 11.3 Å². The molecule has 1 aromatic carbocycles. The highest BCUT2D eigenvalue weighted by molar-refractivity contribution is 6.10. The Labute approximate surface area is 144 Å². The number of hydrogen-bond donors (Lipinski definition) is 1. The van der Waals surface area contributed by atoms with Gasteiger partial charge in [-0.2, -0.15) is 0 Å². The Morgan fingerprint density at radius 1 is 1.12 bits per heavy atom.